The van der Waals surface area contributed by atoms with Crippen LogP contribution in [-0.4, -0.2) is 24.6 Å². The second-order valence-corrected chi connectivity index (χ2v) is 4.91. The van der Waals surface area contributed by atoms with E-state index in [2.05, 4.69) is 9.50 Å². The molecule has 0 aromatic heterocycles. The van der Waals surface area contributed by atoms with E-state index in [-0.39, 0.29) is 11.5 Å². The van der Waals surface area contributed by atoms with Gasteiger partial charge in [0.15, 0.2) is 0 Å². The van der Waals surface area contributed by atoms with Crippen molar-refractivity contribution in [1.29, 1.82) is 0 Å². The Kier molecular flexibility index (Phi) is 3.50. The van der Waals surface area contributed by atoms with Crippen LogP contribution in [0.15, 0.2) is 30.3 Å². The van der Waals surface area contributed by atoms with E-state index in [1.165, 1.54) is 6.07 Å². The predicted octanol–water partition coefficient (Wildman–Crippen LogP) is 2.16. The molecule has 3 N–H and O–H groups in total. The van der Waals surface area contributed by atoms with E-state index >= 15 is 0 Å². The Morgan fingerprint density at radius 2 is 2.05 bits per heavy atom. The molecule has 0 aliphatic heterocycles. The third kappa shape index (κ3) is 3.07. The standard InChI is InChI=1S/C12H13NO5S/c1-2-13-10-5-3-4-8-6-9(18-19(15,16)17)7-11(14)12(8)10/h3-7,13-14H,2H2,1H3,(H,15,16,17). The van der Waals surface area contributed by atoms with Crippen molar-refractivity contribution in [1.82, 2.24) is 0 Å². The van der Waals surface area contributed by atoms with Gasteiger partial charge >= 0.3 is 10.4 Å². The topological polar surface area (TPSA) is 95.9 Å². The minimum atomic E-state index is -4.61. The number of phenolic OH excluding ortho intramolecular Hbond substituents is 1. The van der Waals surface area contributed by atoms with Crippen LogP contribution in [0.3, 0.4) is 0 Å². The van der Waals surface area contributed by atoms with Crippen molar-refractivity contribution in [2.75, 3.05) is 11.9 Å². The molecule has 6 nitrogen and oxygen atoms in total. The summed E-state index contributed by atoms with van der Waals surface area (Å²) in [5.41, 5.74) is 0.732. The van der Waals surface area contributed by atoms with Crippen LogP contribution in [0.4, 0.5) is 5.69 Å². The van der Waals surface area contributed by atoms with E-state index in [1.54, 1.807) is 18.2 Å². The summed E-state index contributed by atoms with van der Waals surface area (Å²) < 4.78 is 34.3. The molecule has 0 unspecified atom stereocenters. The molecule has 0 fully saturated rings. The van der Waals surface area contributed by atoms with Crippen molar-refractivity contribution in [2.24, 2.45) is 0 Å². The van der Waals surface area contributed by atoms with Crippen LogP contribution in [0.2, 0.25) is 0 Å². The second-order valence-electron chi connectivity index (χ2n) is 3.89. The highest BCUT2D eigenvalue weighted by Crippen LogP contribution is 2.35. The van der Waals surface area contributed by atoms with E-state index < -0.39 is 10.4 Å². The van der Waals surface area contributed by atoms with Crippen molar-refractivity contribution >= 4 is 26.9 Å². The lowest BCUT2D eigenvalue weighted by atomic mass is 10.1. The number of rotatable bonds is 4. The minimum absolute atomic E-state index is 0.132. The van der Waals surface area contributed by atoms with E-state index in [0.717, 1.165) is 11.8 Å². The Hall–Kier alpha value is -1.99. The summed E-state index contributed by atoms with van der Waals surface area (Å²) in [7, 11) is -4.61. The molecule has 2 aromatic rings. The molecule has 2 aromatic carbocycles. The molecule has 0 radical (unpaired) electrons. The summed E-state index contributed by atoms with van der Waals surface area (Å²) in [6.07, 6.45) is 0. The molecule has 0 saturated carbocycles. The number of benzene rings is 2. The number of fused-ring (bicyclic) bond motifs is 1. The molecule has 0 aliphatic rings. The molecule has 19 heavy (non-hydrogen) atoms. The van der Waals surface area contributed by atoms with Gasteiger partial charge in [0, 0.05) is 23.7 Å². The maximum atomic E-state index is 10.7. The lowest BCUT2D eigenvalue weighted by molar-refractivity contribution is 0.386. The van der Waals surface area contributed by atoms with Crippen LogP contribution in [0.25, 0.3) is 10.8 Å². The van der Waals surface area contributed by atoms with Gasteiger partial charge in [0.2, 0.25) is 0 Å². The van der Waals surface area contributed by atoms with Gasteiger partial charge in [0.05, 0.1) is 0 Å². The molecule has 0 aliphatic carbocycles. The summed E-state index contributed by atoms with van der Waals surface area (Å²) >= 11 is 0. The van der Waals surface area contributed by atoms with Crippen LogP contribution >= 0.6 is 0 Å². The Balaban J connectivity index is 2.59. The third-order valence-corrected chi connectivity index (χ3v) is 2.90. The van der Waals surface area contributed by atoms with Crippen LogP contribution in [0.1, 0.15) is 6.92 Å². The smallest absolute Gasteiger partial charge is 0.446 e. The van der Waals surface area contributed by atoms with E-state index in [1.807, 2.05) is 6.92 Å². The fraction of sp³-hybridized carbons (Fsp3) is 0.167. The molecule has 0 atom stereocenters. The first-order valence-corrected chi connectivity index (χ1v) is 6.93. The summed E-state index contributed by atoms with van der Waals surface area (Å²) in [6.45, 7) is 2.60. The maximum absolute atomic E-state index is 10.7. The molecule has 2 rings (SSSR count). The molecule has 102 valence electrons. The predicted molar refractivity (Wildman–Crippen MR) is 72.0 cm³/mol. The van der Waals surface area contributed by atoms with Gasteiger partial charge in [-0.2, -0.15) is 8.42 Å². The van der Waals surface area contributed by atoms with Gasteiger partial charge in [-0.05, 0) is 24.4 Å². The third-order valence-electron chi connectivity index (χ3n) is 2.50. The van der Waals surface area contributed by atoms with Gasteiger partial charge < -0.3 is 14.6 Å². The fourth-order valence-electron chi connectivity index (χ4n) is 1.89. The SMILES string of the molecule is CCNc1cccc2cc(OS(=O)(=O)O)cc(O)c12. The van der Waals surface area contributed by atoms with Crippen molar-refractivity contribution < 1.29 is 22.3 Å². The first kappa shape index (κ1) is 13.4. The Labute approximate surface area is 110 Å². The Bertz CT molecular complexity index is 711. The molecule has 0 amide bonds. The average molecular weight is 283 g/mol. The quantitative estimate of drug-likeness (QED) is 0.744. The number of nitrogens with one attached hydrogen (secondary N) is 1. The Morgan fingerprint density at radius 3 is 2.68 bits per heavy atom. The number of phenols is 1. The number of aromatic hydroxyl groups is 1. The van der Waals surface area contributed by atoms with Crippen molar-refractivity contribution in [3.63, 3.8) is 0 Å². The van der Waals surface area contributed by atoms with Gasteiger partial charge in [0.1, 0.15) is 11.5 Å². The van der Waals surface area contributed by atoms with Gasteiger partial charge in [0.25, 0.3) is 0 Å². The first-order chi connectivity index (χ1) is 8.90. The van der Waals surface area contributed by atoms with Crippen LogP contribution < -0.4 is 9.50 Å². The van der Waals surface area contributed by atoms with Crippen molar-refractivity contribution in [3.8, 4) is 11.5 Å². The van der Waals surface area contributed by atoms with Gasteiger partial charge in [-0.15, -0.1) is 0 Å². The monoisotopic (exact) mass is 283 g/mol. The highest BCUT2D eigenvalue weighted by Gasteiger charge is 2.12. The molecule has 7 heteroatoms. The van der Waals surface area contributed by atoms with E-state index in [4.69, 9.17) is 4.55 Å². The number of hydrogen-bond acceptors (Lipinski definition) is 5. The van der Waals surface area contributed by atoms with Gasteiger partial charge in [-0.1, -0.05) is 12.1 Å². The summed E-state index contributed by atoms with van der Waals surface area (Å²) in [6, 6.07) is 7.82. The molecule has 0 bridgehead atoms. The molecule has 0 spiro atoms. The van der Waals surface area contributed by atoms with E-state index in [9.17, 15) is 13.5 Å². The van der Waals surface area contributed by atoms with Crippen molar-refractivity contribution in [3.05, 3.63) is 30.3 Å². The zero-order valence-corrected chi connectivity index (χ0v) is 10.9. The lowest BCUT2D eigenvalue weighted by Crippen LogP contribution is -2.06. The highest BCUT2D eigenvalue weighted by molar-refractivity contribution is 7.81. The van der Waals surface area contributed by atoms with Crippen LogP contribution in [-0.2, 0) is 10.4 Å². The summed E-state index contributed by atoms with van der Waals surface area (Å²) in [4.78, 5) is 0. The minimum Gasteiger partial charge on any atom is -0.507 e. The highest BCUT2D eigenvalue weighted by atomic mass is 32.3. The molecular weight excluding hydrogens is 270 g/mol. The zero-order chi connectivity index (χ0) is 14.0. The maximum Gasteiger partial charge on any atom is 0.446 e. The number of anilines is 1. The molecular formula is C12H13NO5S. The second kappa shape index (κ2) is 4.94. The number of hydrogen-bond donors (Lipinski definition) is 3. The lowest BCUT2D eigenvalue weighted by Gasteiger charge is -2.11. The van der Waals surface area contributed by atoms with Gasteiger partial charge in [-0.25, -0.2) is 0 Å². The average Bonchev–Trinajstić information content (AvgIpc) is 2.26. The van der Waals surface area contributed by atoms with Crippen LogP contribution in [0, 0.1) is 0 Å². The van der Waals surface area contributed by atoms with Crippen LogP contribution in [0.5, 0.6) is 11.5 Å². The Morgan fingerprint density at radius 1 is 1.32 bits per heavy atom. The normalized spacial score (nSPS) is 11.5. The molecule has 0 saturated heterocycles. The van der Waals surface area contributed by atoms with Crippen molar-refractivity contribution in [2.45, 2.75) is 6.92 Å². The first-order valence-electron chi connectivity index (χ1n) is 5.57. The summed E-state index contributed by atoms with van der Waals surface area (Å²) in [5.74, 6) is -0.283. The fourth-order valence-corrected chi connectivity index (χ4v) is 2.23. The summed E-state index contributed by atoms with van der Waals surface area (Å²) in [5, 5.41) is 14.2. The van der Waals surface area contributed by atoms with Gasteiger partial charge in [-0.3, -0.25) is 4.55 Å². The molecule has 0 heterocycles. The van der Waals surface area contributed by atoms with E-state index in [0.29, 0.717) is 17.3 Å². The largest absolute Gasteiger partial charge is 0.507 e. The zero-order valence-electron chi connectivity index (χ0n) is 10.1.